The second-order valence-electron chi connectivity index (χ2n) is 2.41. The highest BCUT2D eigenvalue weighted by atomic mass is 16.6. The molecule has 72 valence electrons. The summed E-state index contributed by atoms with van der Waals surface area (Å²) in [5.74, 6) is -0.453. The first-order valence-electron chi connectivity index (χ1n) is 3.61. The molecule has 1 atom stereocenters. The van der Waals surface area contributed by atoms with Crippen LogP contribution < -0.4 is 4.74 Å². The summed E-state index contributed by atoms with van der Waals surface area (Å²) in [6.07, 6.45) is -1.33. The van der Waals surface area contributed by atoms with Crippen molar-refractivity contribution in [1.82, 2.24) is 0 Å². The van der Waals surface area contributed by atoms with E-state index < -0.39 is 12.9 Å². The van der Waals surface area contributed by atoms with Gasteiger partial charge in [0.05, 0.1) is 0 Å². The van der Waals surface area contributed by atoms with E-state index in [9.17, 15) is 0 Å². The van der Waals surface area contributed by atoms with E-state index in [1.54, 1.807) is 0 Å². The minimum absolute atomic E-state index is 0.164. The van der Waals surface area contributed by atoms with Crippen LogP contribution >= 0.6 is 0 Å². The van der Waals surface area contributed by atoms with Crippen molar-refractivity contribution in [2.75, 3.05) is 6.61 Å². The molecule has 0 spiro atoms. The van der Waals surface area contributed by atoms with Crippen LogP contribution in [0.4, 0.5) is 0 Å². The van der Waals surface area contributed by atoms with E-state index in [1.165, 1.54) is 12.1 Å². The number of rotatable bonds is 3. The molecule has 4 N–H and O–H groups in total. The molecule has 0 amide bonds. The van der Waals surface area contributed by atoms with Gasteiger partial charge in [0.2, 0.25) is 6.29 Å². The van der Waals surface area contributed by atoms with Crippen LogP contribution in [-0.2, 0) is 0 Å². The van der Waals surface area contributed by atoms with Crippen molar-refractivity contribution in [2.45, 2.75) is 6.29 Å². The molecule has 0 aliphatic heterocycles. The monoisotopic (exact) mass is 186 g/mol. The molecule has 0 bridgehead atoms. The molecule has 0 saturated heterocycles. The summed E-state index contributed by atoms with van der Waals surface area (Å²) in [4.78, 5) is 0. The van der Waals surface area contributed by atoms with Gasteiger partial charge in [0.25, 0.3) is 0 Å². The Morgan fingerprint density at radius 2 is 1.92 bits per heavy atom. The first kappa shape index (κ1) is 9.63. The average Bonchev–Trinajstić information content (AvgIpc) is 2.11. The highest BCUT2D eigenvalue weighted by Gasteiger charge is 2.05. The van der Waals surface area contributed by atoms with E-state index >= 15 is 0 Å². The van der Waals surface area contributed by atoms with E-state index in [0.29, 0.717) is 0 Å². The number of benzene rings is 1. The predicted octanol–water partition coefficient (Wildman–Crippen LogP) is -0.213. The number of aliphatic hydroxyl groups excluding tert-OH is 2. The summed E-state index contributed by atoms with van der Waals surface area (Å²) in [5, 5.41) is 35.2. The third-order valence-corrected chi connectivity index (χ3v) is 1.38. The van der Waals surface area contributed by atoms with Crippen LogP contribution in [0.5, 0.6) is 17.2 Å². The number of hydrogen-bond acceptors (Lipinski definition) is 5. The van der Waals surface area contributed by atoms with Crippen LogP contribution in [-0.4, -0.2) is 33.3 Å². The lowest BCUT2D eigenvalue weighted by Gasteiger charge is -2.10. The Balaban J connectivity index is 2.73. The summed E-state index contributed by atoms with van der Waals surface area (Å²) in [6.45, 7) is -0.540. The van der Waals surface area contributed by atoms with Crippen molar-refractivity contribution >= 4 is 0 Å². The second kappa shape index (κ2) is 3.97. The zero-order valence-corrected chi connectivity index (χ0v) is 6.71. The van der Waals surface area contributed by atoms with Gasteiger partial charge in [-0.05, 0) is 12.1 Å². The quantitative estimate of drug-likeness (QED) is 0.387. The van der Waals surface area contributed by atoms with Gasteiger partial charge in [0, 0.05) is 6.07 Å². The largest absolute Gasteiger partial charge is 0.504 e. The lowest BCUT2D eigenvalue weighted by molar-refractivity contribution is -0.0549. The van der Waals surface area contributed by atoms with Gasteiger partial charge in [0.1, 0.15) is 12.4 Å². The van der Waals surface area contributed by atoms with Crippen LogP contribution in [0.3, 0.4) is 0 Å². The van der Waals surface area contributed by atoms with Gasteiger partial charge in [-0.2, -0.15) is 0 Å². The van der Waals surface area contributed by atoms with Crippen molar-refractivity contribution in [3.63, 3.8) is 0 Å². The van der Waals surface area contributed by atoms with Crippen molar-refractivity contribution in [2.24, 2.45) is 0 Å². The number of ether oxygens (including phenoxy) is 1. The molecular weight excluding hydrogens is 176 g/mol. The topological polar surface area (TPSA) is 90.2 Å². The lowest BCUT2D eigenvalue weighted by atomic mass is 10.3. The molecule has 1 unspecified atom stereocenters. The van der Waals surface area contributed by atoms with E-state index in [1.807, 2.05) is 0 Å². The number of aromatic hydroxyl groups is 2. The van der Waals surface area contributed by atoms with E-state index in [0.717, 1.165) is 6.07 Å². The fourth-order valence-electron chi connectivity index (χ4n) is 0.771. The number of aliphatic hydroxyl groups is 2. The molecule has 0 heterocycles. The molecule has 5 nitrogen and oxygen atoms in total. The van der Waals surface area contributed by atoms with Gasteiger partial charge in [-0.25, -0.2) is 0 Å². The van der Waals surface area contributed by atoms with Crippen molar-refractivity contribution < 1.29 is 25.2 Å². The van der Waals surface area contributed by atoms with Crippen molar-refractivity contribution in [3.8, 4) is 17.2 Å². The van der Waals surface area contributed by atoms with E-state index in [4.69, 9.17) is 25.2 Å². The van der Waals surface area contributed by atoms with Gasteiger partial charge in [-0.15, -0.1) is 0 Å². The SMILES string of the molecule is OCC(O)Oc1ccc(O)c(O)c1. The summed E-state index contributed by atoms with van der Waals surface area (Å²) in [7, 11) is 0. The first-order valence-corrected chi connectivity index (χ1v) is 3.61. The molecule has 0 aliphatic rings. The van der Waals surface area contributed by atoms with Gasteiger partial charge in [0.15, 0.2) is 11.5 Å². The first-order chi connectivity index (χ1) is 6.13. The predicted molar refractivity (Wildman–Crippen MR) is 43.5 cm³/mol. The summed E-state index contributed by atoms with van der Waals surface area (Å²) >= 11 is 0. The van der Waals surface area contributed by atoms with Crippen LogP contribution in [0.25, 0.3) is 0 Å². The average molecular weight is 186 g/mol. The van der Waals surface area contributed by atoms with E-state index in [-0.39, 0.29) is 17.2 Å². The van der Waals surface area contributed by atoms with Crippen molar-refractivity contribution in [1.29, 1.82) is 0 Å². The van der Waals surface area contributed by atoms with Gasteiger partial charge in [-0.3, -0.25) is 0 Å². The number of hydrogen-bond donors (Lipinski definition) is 4. The number of phenolic OH excluding ortho intramolecular Hbond substituents is 2. The molecule has 13 heavy (non-hydrogen) atoms. The summed E-state index contributed by atoms with van der Waals surface area (Å²) < 4.78 is 4.73. The van der Waals surface area contributed by atoms with Crippen LogP contribution in [0.1, 0.15) is 0 Å². The zero-order chi connectivity index (χ0) is 9.84. The Morgan fingerprint density at radius 3 is 2.46 bits per heavy atom. The van der Waals surface area contributed by atoms with Gasteiger partial charge >= 0.3 is 0 Å². The fraction of sp³-hybridized carbons (Fsp3) is 0.250. The highest BCUT2D eigenvalue weighted by molar-refractivity contribution is 5.43. The molecule has 0 aliphatic carbocycles. The minimum atomic E-state index is -1.33. The fourth-order valence-corrected chi connectivity index (χ4v) is 0.771. The Bertz CT molecular complexity index is 286. The lowest BCUT2D eigenvalue weighted by Crippen LogP contribution is -2.19. The smallest absolute Gasteiger partial charge is 0.220 e. The van der Waals surface area contributed by atoms with Crippen LogP contribution in [0.15, 0.2) is 18.2 Å². The molecule has 0 radical (unpaired) electrons. The molecule has 0 aromatic heterocycles. The van der Waals surface area contributed by atoms with Crippen LogP contribution in [0, 0.1) is 0 Å². The third kappa shape index (κ3) is 2.50. The zero-order valence-electron chi connectivity index (χ0n) is 6.71. The number of phenols is 2. The van der Waals surface area contributed by atoms with E-state index in [2.05, 4.69) is 0 Å². The Labute approximate surface area is 74.5 Å². The molecule has 1 rings (SSSR count). The second-order valence-corrected chi connectivity index (χ2v) is 2.41. The Morgan fingerprint density at radius 1 is 1.23 bits per heavy atom. The molecule has 1 aromatic rings. The van der Waals surface area contributed by atoms with Crippen molar-refractivity contribution in [3.05, 3.63) is 18.2 Å². The third-order valence-electron chi connectivity index (χ3n) is 1.38. The molecule has 1 aromatic carbocycles. The van der Waals surface area contributed by atoms with Gasteiger partial charge < -0.3 is 25.2 Å². The standard InChI is InChI=1S/C8H10O5/c9-4-8(12)13-5-1-2-6(10)7(11)3-5/h1-3,8-12H,4H2. The summed E-state index contributed by atoms with van der Waals surface area (Å²) in [5.41, 5.74) is 0. The van der Waals surface area contributed by atoms with Crippen LogP contribution in [0.2, 0.25) is 0 Å². The molecular formula is C8H10O5. The molecule has 0 saturated carbocycles. The summed E-state index contributed by atoms with van der Waals surface area (Å²) in [6, 6.07) is 3.71. The Kier molecular flexibility index (Phi) is 2.94. The van der Waals surface area contributed by atoms with Gasteiger partial charge in [-0.1, -0.05) is 0 Å². The molecule has 5 heteroatoms. The maximum absolute atomic E-state index is 9.01. The molecule has 0 fully saturated rings. The highest BCUT2D eigenvalue weighted by Crippen LogP contribution is 2.28. The minimum Gasteiger partial charge on any atom is -0.504 e. The normalized spacial score (nSPS) is 12.5. The maximum atomic E-state index is 9.01. The Hall–Kier alpha value is -1.46. The maximum Gasteiger partial charge on any atom is 0.220 e.